The quantitative estimate of drug-likeness (QED) is 0.687. The predicted molar refractivity (Wildman–Crippen MR) is 48.0 cm³/mol. The molecule has 1 aromatic carbocycles. The molecule has 14 heavy (non-hydrogen) atoms. The van der Waals surface area contributed by atoms with Gasteiger partial charge in [0, 0.05) is 11.6 Å². The molecule has 1 rings (SSSR count). The second-order valence-electron chi connectivity index (χ2n) is 2.83. The van der Waals surface area contributed by atoms with E-state index in [9.17, 15) is 14.0 Å². The van der Waals surface area contributed by atoms with Gasteiger partial charge >= 0.3 is 0 Å². The molecule has 0 atom stereocenters. The SMILES string of the molecule is CC(=O)COc1cc(F)cc(C=O)c1. The Bertz CT molecular complexity index is 360. The van der Waals surface area contributed by atoms with Crippen LogP contribution in [-0.2, 0) is 4.79 Å². The second-order valence-corrected chi connectivity index (χ2v) is 2.83. The summed E-state index contributed by atoms with van der Waals surface area (Å²) in [5.74, 6) is -0.544. The van der Waals surface area contributed by atoms with Gasteiger partial charge in [-0.25, -0.2) is 4.39 Å². The van der Waals surface area contributed by atoms with Gasteiger partial charge in [-0.05, 0) is 19.1 Å². The first-order valence-corrected chi connectivity index (χ1v) is 4.00. The summed E-state index contributed by atoms with van der Waals surface area (Å²) < 4.78 is 17.8. The lowest BCUT2D eigenvalue weighted by Crippen LogP contribution is -2.06. The third-order valence-corrected chi connectivity index (χ3v) is 1.47. The molecule has 0 heterocycles. The lowest BCUT2D eigenvalue weighted by Gasteiger charge is -2.04. The fourth-order valence-electron chi connectivity index (χ4n) is 0.921. The van der Waals surface area contributed by atoms with Crippen molar-refractivity contribution in [1.82, 2.24) is 0 Å². The molecular weight excluding hydrogens is 187 g/mol. The van der Waals surface area contributed by atoms with E-state index in [-0.39, 0.29) is 23.7 Å². The number of halogens is 1. The van der Waals surface area contributed by atoms with E-state index in [1.165, 1.54) is 13.0 Å². The molecule has 0 fully saturated rings. The summed E-state index contributed by atoms with van der Waals surface area (Å²) in [5.41, 5.74) is 0.184. The van der Waals surface area contributed by atoms with E-state index < -0.39 is 5.82 Å². The van der Waals surface area contributed by atoms with Crippen molar-refractivity contribution < 1.29 is 18.7 Å². The molecule has 0 bridgehead atoms. The van der Waals surface area contributed by atoms with Crippen LogP contribution >= 0.6 is 0 Å². The molecule has 3 nitrogen and oxygen atoms in total. The Morgan fingerprint density at radius 1 is 1.50 bits per heavy atom. The van der Waals surface area contributed by atoms with Crippen LogP contribution in [0, 0.1) is 5.82 Å². The first-order chi connectivity index (χ1) is 6.61. The van der Waals surface area contributed by atoms with Crippen molar-refractivity contribution in [3.05, 3.63) is 29.6 Å². The Morgan fingerprint density at radius 2 is 2.21 bits per heavy atom. The molecule has 1 aromatic rings. The molecule has 0 aliphatic carbocycles. The number of ether oxygens (including phenoxy) is 1. The van der Waals surface area contributed by atoms with Crippen molar-refractivity contribution in [2.24, 2.45) is 0 Å². The van der Waals surface area contributed by atoms with Gasteiger partial charge in [0.2, 0.25) is 0 Å². The van der Waals surface area contributed by atoms with Gasteiger partial charge in [0.05, 0.1) is 0 Å². The van der Waals surface area contributed by atoms with Crippen LogP contribution in [-0.4, -0.2) is 18.7 Å². The highest BCUT2D eigenvalue weighted by molar-refractivity contribution is 5.77. The normalized spacial score (nSPS) is 9.57. The molecule has 74 valence electrons. The highest BCUT2D eigenvalue weighted by Gasteiger charge is 2.02. The van der Waals surface area contributed by atoms with Crippen molar-refractivity contribution in [3.8, 4) is 5.75 Å². The number of benzene rings is 1. The van der Waals surface area contributed by atoms with Crippen LogP contribution in [0.15, 0.2) is 18.2 Å². The number of aldehydes is 1. The molecular formula is C10H9FO3. The van der Waals surface area contributed by atoms with Gasteiger partial charge in [0.25, 0.3) is 0 Å². The van der Waals surface area contributed by atoms with E-state index in [4.69, 9.17) is 4.74 Å². The minimum absolute atomic E-state index is 0.123. The maximum atomic E-state index is 12.8. The van der Waals surface area contributed by atoms with E-state index in [1.54, 1.807) is 0 Å². The number of hydrogen-bond acceptors (Lipinski definition) is 3. The maximum Gasteiger partial charge on any atom is 0.167 e. The summed E-state index contributed by atoms with van der Waals surface area (Å²) in [5, 5.41) is 0. The van der Waals surface area contributed by atoms with E-state index >= 15 is 0 Å². The number of carbonyl (C=O) groups excluding carboxylic acids is 2. The third kappa shape index (κ3) is 2.97. The molecule has 0 saturated heterocycles. The summed E-state index contributed by atoms with van der Waals surface area (Å²) in [6, 6.07) is 3.59. The molecule has 0 radical (unpaired) electrons. The predicted octanol–water partition coefficient (Wildman–Crippen LogP) is 1.61. The zero-order valence-electron chi connectivity index (χ0n) is 7.62. The maximum absolute atomic E-state index is 12.8. The molecule has 0 spiro atoms. The first kappa shape index (κ1) is 10.4. The van der Waals surface area contributed by atoms with Crippen LogP contribution in [0.25, 0.3) is 0 Å². The largest absolute Gasteiger partial charge is 0.486 e. The molecule has 0 saturated carbocycles. The van der Waals surface area contributed by atoms with Crippen LogP contribution in [0.4, 0.5) is 4.39 Å². The van der Waals surface area contributed by atoms with Crippen molar-refractivity contribution >= 4 is 12.1 Å². The molecule has 0 aliphatic heterocycles. The van der Waals surface area contributed by atoms with Gasteiger partial charge in [-0.3, -0.25) is 9.59 Å². The molecule has 0 aromatic heterocycles. The van der Waals surface area contributed by atoms with Gasteiger partial charge in [0.15, 0.2) is 5.78 Å². The lowest BCUT2D eigenvalue weighted by molar-refractivity contribution is -0.118. The molecule has 0 aliphatic rings. The third-order valence-electron chi connectivity index (χ3n) is 1.47. The van der Waals surface area contributed by atoms with E-state index in [1.807, 2.05) is 0 Å². The van der Waals surface area contributed by atoms with Gasteiger partial charge < -0.3 is 4.74 Å². The summed E-state index contributed by atoms with van der Waals surface area (Å²) in [7, 11) is 0. The zero-order chi connectivity index (χ0) is 10.6. The van der Waals surface area contributed by atoms with Crippen LogP contribution in [0.1, 0.15) is 17.3 Å². The van der Waals surface area contributed by atoms with Crippen LogP contribution in [0.5, 0.6) is 5.75 Å². The van der Waals surface area contributed by atoms with Gasteiger partial charge in [-0.1, -0.05) is 0 Å². The minimum Gasteiger partial charge on any atom is -0.486 e. The Hall–Kier alpha value is -1.71. The summed E-state index contributed by atoms with van der Waals surface area (Å²) >= 11 is 0. The topological polar surface area (TPSA) is 43.4 Å². The number of hydrogen-bond donors (Lipinski definition) is 0. The van der Waals surface area contributed by atoms with E-state index in [0.717, 1.165) is 12.1 Å². The van der Waals surface area contributed by atoms with Crippen molar-refractivity contribution in [1.29, 1.82) is 0 Å². The number of ketones is 1. The molecule has 0 unspecified atom stereocenters. The smallest absolute Gasteiger partial charge is 0.167 e. The summed E-state index contributed by atoms with van der Waals surface area (Å²) in [6.07, 6.45) is 0.518. The zero-order valence-corrected chi connectivity index (χ0v) is 7.62. The number of Topliss-reactive ketones (excluding diaryl/α,β-unsaturated/α-hetero) is 1. The molecule has 4 heteroatoms. The number of carbonyl (C=O) groups is 2. The van der Waals surface area contributed by atoms with Crippen molar-refractivity contribution in [2.45, 2.75) is 6.92 Å². The van der Waals surface area contributed by atoms with E-state index in [0.29, 0.717) is 6.29 Å². The number of rotatable bonds is 4. The van der Waals surface area contributed by atoms with Gasteiger partial charge in [-0.15, -0.1) is 0 Å². The molecule has 0 N–H and O–H groups in total. The Morgan fingerprint density at radius 3 is 2.79 bits per heavy atom. The van der Waals surface area contributed by atoms with Crippen molar-refractivity contribution in [2.75, 3.05) is 6.61 Å². The second kappa shape index (κ2) is 4.50. The fourth-order valence-corrected chi connectivity index (χ4v) is 0.921. The van der Waals surface area contributed by atoms with Gasteiger partial charge in [0.1, 0.15) is 24.5 Å². The van der Waals surface area contributed by atoms with Crippen molar-refractivity contribution in [3.63, 3.8) is 0 Å². The fraction of sp³-hybridized carbons (Fsp3) is 0.200. The average molecular weight is 196 g/mol. The summed E-state index contributed by atoms with van der Waals surface area (Å²) in [6.45, 7) is 1.24. The highest BCUT2D eigenvalue weighted by atomic mass is 19.1. The average Bonchev–Trinajstić information content (AvgIpc) is 2.14. The monoisotopic (exact) mass is 196 g/mol. The van der Waals surface area contributed by atoms with Crippen LogP contribution in [0.3, 0.4) is 0 Å². The van der Waals surface area contributed by atoms with Crippen LogP contribution < -0.4 is 4.74 Å². The Kier molecular flexibility index (Phi) is 3.34. The Balaban J connectivity index is 2.81. The highest BCUT2D eigenvalue weighted by Crippen LogP contribution is 2.15. The minimum atomic E-state index is -0.562. The Labute approximate surface area is 80.5 Å². The standard InChI is InChI=1S/C10H9FO3/c1-7(13)6-14-10-3-8(5-12)2-9(11)4-10/h2-5H,6H2,1H3. The molecule has 0 amide bonds. The van der Waals surface area contributed by atoms with Gasteiger partial charge in [-0.2, -0.15) is 0 Å². The lowest BCUT2D eigenvalue weighted by atomic mass is 10.2. The summed E-state index contributed by atoms with van der Waals surface area (Å²) in [4.78, 5) is 20.9. The first-order valence-electron chi connectivity index (χ1n) is 4.00. The van der Waals surface area contributed by atoms with Crippen LogP contribution in [0.2, 0.25) is 0 Å². The van der Waals surface area contributed by atoms with E-state index in [2.05, 4.69) is 0 Å².